The number of nitrogen functional groups attached to an aromatic ring is 1. The molecule has 108 valence electrons. The molecule has 5 nitrogen and oxygen atoms in total. The third kappa shape index (κ3) is 2.15. The lowest BCUT2D eigenvalue weighted by molar-refractivity contribution is 0.0601. The quantitative estimate of drug-likeness (QED) is 0.688. The SMILES string of the molecule is [2H]C([2H])([2H])N(CCN1C(=O)c2cccc3cc(N)cc(c23)C1=O)C([2H])([2H])[2H]. The maximum absolute atomic E-state index is 12.8. The van der Waals surface area contributed by atoms with E-state index in [9.17, 15) is 9.59 Å². The molecule has 5 heteroatoms. The minimum absolute atomic E-state index is 0.231. The van der Waals surface area contributed by atoms with Gasteiger partial charge >= 0.3 is 0 Å². The zero-order chi connectivity index (χ0) is 20.1. The fourth-order valence-electron chi connectivity index (χ4n) is 2.58. The van der Waals surface area contributed by atoms with Crippen LogP contribution in [0.4, 0.5) is 5.69 Å². The van der Waals surface area contributed by atoms with E-state index in [-0.39, 0.29) is 17.7 Å². The molecule has 1 aliphatic rings. The molecule has 0 atom stereocenters. The molecule has 2 aromatic carbocycles. The summed E-state index contributed by atoms with van der Waals surface area (Å²) in [6, 6.07) is 8.07. The maximum Gasteiger partial charge on any atom is 0.261 e. The van der Waals surface area contributed by atoms with Crippen LogP contribution in [0.15, 0.2) is 30.3 Å². The van der Waals surface area contributed by atoms with Crippen LogP contribution < -0.4 is 5.73 Å². The monoisotopic (exact) mass is 289 g/mol. The van der Waals surface area contributed by atoms with E-state index < -0.39 is 32.3 Å². The Labute approximate surface area is 131 Å². The van der Waals surface area contributed by atoms with Crippen LogP contribution in [0, 0.1) is 0 Å². The molecule has 0 bridgehead atoms. The van der Waals surface area contributed by atoms with Gasteiger partial charge in [0, 0.05) is 38.0 Å². The summed E-state index contributed by atoms with van der Waals surface area (Å²) < 4.78 is 44.4. The normalized spacial score (nSPS) is 19.8. The van der Waals surface area contributed by atoms with Gasteiger partial charge in [0.15, 0.2) is 0 Å². The van der Waals surface area contributed by atoms with E-state index in [1.54, 1.807) is 24.3 Å². The standard InChI is InChI=1S/C16H17N3O2/c1-18(2)6-7-19-15(20)12-5-3-4-10-8-11(17)9-13(14(10)12)16(19)21/h3-5,8-9H,6-7,17H2,1-2H3/i1D3,2D3. The topological polar surface area (TPSA) is 66.6 Å². The second-order valence-corrected chi connectivity index (χ2v) is 4.89. The Morgan fingerprint density at radius 3 is 2.71 bits per heavy atom. The Hall–Kier alpha value is -2.40. The average molecular weight is 289 g/mol. The third-order valence-electron chi connectivity index (χ3n) is 3.50. The number of likely N-dealkylation sites (N-methyl/N-ethyl adjacent to an activating group) is 1. The summed E-state index contributed by atoms with van der Waals surface area (Å²) in [5.74, 6) is -1.23. The molecule has 0 radical (unpaired) electrons. The van der Waals surface area contributed by atoms with Crippen LogP contribution in [0.25, 0.3) is 10.8 Å². The summed E-state index contributed by atoms with van der Waals surface area (Å²) in [7, 11) is 0. The van der Waals surface area contributed by atoms with E-state index >= 15 is 0 Å². The molecular weight excluding hydrogens is 266 g/mol. The summed E-state index contributed by atoms with van der Waals surface area (Å²) in [6.45, 7) is -6.68. The number of anilines is 1. The van der Waals surface area contributed by atoms with Gasteiger partial charge in [-0.05, 0) is 37.5 Å². The van der Waals surface area contributed by atoms with Gasteiger partial charge in [0.1, 0.15) is 0 Å². The van der Waals surface area contributed by atoms with Gasteiger partial charge in [0.05, 0.1) is 5.56 Å². The largest absolute Gasteiger partial charge is 0.399 e. The molecule has 0 saturated heterocycles. The molecule has 0 fully saturated rings. The fraction of sp³-hybridized carbons (Fsp3) is 0.250. The average Bonchev–Trinajstić information content (AvgIpc) is 2.52. The number of imide groups is 1. The van der Waals surface area contributed by atoms with E-state index in [1.807, 2.05) is 0 Å². The van der Waals surface area contributed by atoms with Crippen LogP contribution in [0.5, 0.6) is 0 Å². The Morgan fingerprint density at radius 1 is 1.19 bits per heavy atom. The van der Waals surface area contributed by atoms with Crippen molar-refractivity contribution in [3.05, 3.63) is 41.5 Å². The highest BCUT2D eigenvalue weighted by Crippen LogP contribution is 2.31. The second kappa shape index (κ2) is 4.86. The highest BCUT2D eigenvalue weighted by atomic mass is 16.2. The molecule has 21 heavy (non-hydrogen) atoms. The molecule has 0 saturated carbocycles. The molecule has 2 N–H and O–H groups in total. The van der Waals surface area contributed by atoms with Crippen molar-refractivity contribution in [1.82, 2.24) is 9.80 Å². The van der Waals surface area contributed by atoms with E-state index in [1.165, 1.54) is 6.07 Å². The first-order valence-corrected chi connectivity index (χ1v) is 6.37. The van der Waals surface area contributed by atoms with Crippen molar-refractivity contribution in [2.75, 3.05) is 32.8 Å². The van der Waals surface area contributed by atoms with Crippen molar-refractivity contribution in [2.24, 2.45) is 0 Å². The summed E-state index contributed by atoms with van der Waals surface area (Å²) in [4.78, 5) is 26.8. The number of rotatable bonds is 3. The molecule has 0 aromatic heterocycles. The van der Waals surface area contributed by atoms with Crippen molar-refractivity contribution in [1.29, 1.82) is 0 Å². The molecule has 1 heterocycles. The van der Waals surface area contributed by atoms with Gasteiger partial charge in [-0.2, -0.15) is 0 Å². The lowest BCUT2D eigenvalue weighted by atomic mass is 9.93. The number of hydrogen-bond donors (Lipinski definition) is 1. The van der Waals surface area contributed by atoms with Crippen LogP contribution in [0.3, 0.4) is 0 Å². The smallest absolute Gasteiger partial charge is 0.261 e. The van der Waals surface area contributed by atoms with Crippen molar-refractivity contribution in [2.45, 2.75) is 0 Å². The molecule has 0 aliphatic carbocycles. The fourth-order valence-corrected chi connectivity index (χ4v) is 2.58. The number of amides is 2. The van der Waals surface area contributed by atoms with Gasteiger partial charge in [-0.15, -0.1) is 0 Å². The Morgan fingerprint density at radius 2 is 1.95 bits per heavy atom. The van der Waals surface area contributed by atoms with Gasteiger partial charge in [-0.1, -0.05) is 12.1 Å². The van der Waals surface area contributed by atoms with E-state index in [2.05, 4.69) is 0 Å². The van der Waals surface area contributed by atoms with Gasteiger partial charge in [-0.25, -0.2) is 0 Å². The number of benzene rings is 2. The number of nitrogens with zero attached hydrogens (tertiary/aromatic N) is 2. The minimum atomic E-state index is -2.89. The van der Waals surface area contributed by atoms with Gasteiger partial charge in [0.25, 0.3) is 11.8 Å². The predicted molar refractivity (Wildman–Crippen MR) is 82.3 cm³/mol. The first-order valence-electron chi connectivity index (χ1n) is 9.37. The van der Waals surface area contributed by atoms with Crippen LogP contribution >= 0.6 is 0 Å². The van der Waals surface area contributed by atoms with Crippen LogP contribution in [-0.2, 0) is 0 Å². The van der Waals surface area contributed by atoms with E-state index in [0.717, 1.165) is 4.90 Å². The lowest BCUT2D eigenvalue weighted by Crippen LogP contribution is -2.43. The molecule has 0 spiro atoms. The predicted octanol–water partition coefficient (Wildman–Crippen LogP) is 1.58. The van der Waals surface area contributed by atoms with E-state index in [0.29, 0.717) is 21.4 Å². The highest BCUT2D eigenvalue weighted by molar-refractivity contribution is 6.25. The number of nitrogens with two attached hydrogens (primary N) is 1. The zero-order valence-electron chi connectivity index (χ0n) is 17.1. The molecule has 3 rings (SSSR count). The molecule has 2 amide bonds. The Bertz CT molecular complexity index is 924. The van der Waals surface area contributed by atoms with Crippen LogP contribution in [0.1, 0.15) is 28.9 Å². The summed E-state index contributed by atoms with van der Waals surface area (Å²) in [5.41, 5.74) is 6.71. The first-order chi connectivity index (χ1) is 12.4. The van der Waals surface area contributed by atoms with Gasteiger partial charge in [-0.3, -0.25) is 14.5 Å². The molecule has 1 aliphatic heterocycles. The molecule has 0 unspecified atom stereocenters. The Balaban J connectivity index is 1.97. The maximum atomic E-state index is 12.8. The van der Waals surface area contributed by atoms with Crippen molar-refractivity contribution in [3.8, 4) is 0 Å². The van der Waals surface area contributed by atoms with Crippen LogP contribution in [-0.4, -0.2) is 48.7 Å². The van der Waals surface area contributed by atoms with E-state index in [4.69, 9.17) is 14.0 Å². The molecule has 2 aromatic rings. The number of hydrogen-bond acceptors (Lipinski definition) is 4. The number of carbonyl (C=O) groups is 2. The van der Waals surface area contributed by atoms with Crippen LogP contribution in [0.2, 0.25) is 0 Å². The van der Waals surface area contributed by atoms with Crippen molar-refractivity contribution in [3.63, 3.8) is 0 Å². The second-order valence-electron chi connectivity index (χ2n) is 4.89. The molecular formula is C16H17N3O2. The lowest BCUT2D eigenvalue weighted by Gasteiger charge is -2.28. The zero-order valence-corrected chi connectivity index (χ0v) is 11.1. The Kier molecular flexibility index (Phi) is 1.88. The summed E-state index contributed by atoms with van der Waals surface area (Å²) >= 11 is 0. The van der Waals surface area contributed by atoms with Crippen molar-refractivity contribution < 1.29 is 17.8 Å². The highest BCUT2D eigenvalue weighted by Gasteiger charge is 2.32. The summed E-state index contributed by atoms with van der Waals surface area (Å²) in [5, 5.41) is 1.14. The van der Waals surface area contributed by atoms with Gasteiger partial charge < -0.3 is 10.6 Å². The minimum Gasteiger partial charge on any atom is -0.399 e. The summed E-state index contributed by atoms with van der Waals surface area (Å²) in [6.07, 6.45) is 0. The number of carbonyl (C=O) groups excluding carboxylic acids is 2. The van der Waals surface area contributed by atoms with Crippen molar-refractivity contribution >= 4 is 28.3 Å². The first kappa shape index (κ1) is 8.14. The third-order valence-corrected chi connectivity index (χ3v) is 3.50. The van der Waals surface area contributed by atoms with Gasteiger partial charge in [0.2, 0.25) is 0 Å².